The van der Waals surface area contributed by atoms with E-state index in [9.17, 15) is 9.59 Å². The topological polar surface area (TPSA) is 73.2 Å². The zero-order valence-corrected chi connectivity index (χ0v) is 16.5. The number of rotatable bonds is 6. The van der Waals surface area contributed by atoms with E-state index in [0.717, 1.165) is 16.7 Å². The van der Waals surface area contributed by atoms with Crippen LogP contribution in [0.25, 0.3) is 10.8 Å². The van der Waals surface area contributed by atoms with Crippen molar-refractivity contribution in [3.63, 3.8) is 0 Å². The number of aromatic nitrogens is 2. The molecule has 0 aliphatic carbocycles. The summed E-state index contributed by atoms with van der Waals surface area (Å²) in [7, 11) is 0. The fourth-order valence-electron chi connectivity index (χ4n) is 3.25. The summed E-state index contributed by atoms with van der Waals surface area (Å²) < 4.78 is 7.03. The van der Waals surface area contributed by atoms with E-state index in [2.05, 4.69) is 10.4 Å². The first-order chi connectivity index (χ1) is 14.6. The first kappa shape index (κ1) is 19.4. The van der Waals surface area contributed by atoms with E-state index in [4.69, 9.17) is 4.74 Å². The van der Waals surface area contributed by atoms with Crippen LogP contribution in [0.4, 0.5) is 0 Å². The summed E-state index contributed by atoms with van der Waals surface area (Å²) in [4.78, 5) is 25.0. The van der Waals surface area contributed by atoms with E-state index in [-0.39, 0.29) is 18.0 Å². The summed E-state index contributed by atoms with van der Waals surface area (Å²) in [5, 5.41) is 8.48. The molecule has 6 nitrogen and oxygen atoms in total. The highest BCUT2D eigenvalue weighted by Crippen LogP contribution is 2.21. The van der Waals surface area contributed by atoms with Crippen LogP contribution >= 0.6 is 0 Å². The molecule has 1 amide bonds. The van der Waals surface area contributed by atoms with Gasteiger partial charge in [0.15, 0.2) is 0 Å². The molecule has 0 aliphatic rings. The molecular weight excluding hydrogens is 378 g/mol. The van der Waals surface area contributed by atoms with Gasteiger partial charge < -0.3 is 10.1 Å². The van der Waals surface area contributed by atoms with Gasteiger partial charge >= 0.3 is 0 Å². The molecule has 0 atom stereocenters. The quantitative estimate of drug-likeness (QED) is 0.535. The van der Waals surface area contributed by atoms with Gasteiger partial charge in [0, 0.05) is 11.9 Å². The number of ether oxygens (including phenoxy) is 1. The maximum atomic E-state index is 12.6. The van der Waals surface area contributed by atoms with Crippen molar-refractivity contribution in [1.82, 2.24) is 15.1 Å². The van der Waals surface area contributed by atoms with Crippen LogP contribution in [-0.2, 0) is 17.9 Å². The summed E-state index contributed by atoms with van der Waals surface area (Å²) >= 11 is 0. The number of carbonyl (C=O) groups excluding carboxylic acids is 1. The average Bonchev–Trinajstić information content (AvgIpc) is 2.77. The molecule has 6 heteroatoms. The number of nitrogens with zero attached hydrogens (tertiary/aromatic N) is 2. The normalized spacial score (nSPS) is 10.7. The lowest BCUT2D eigenvalue weighted by molar-refractivity contribution is -0.122. The minimum atomic E-state index is -0.284. The fourth-order valence-corrected chi connectivity index (χ4v) is 3.25. The summed E-state index contributed by atoms with van der Waals surface area (Å²) in [5.41, 5.74) is 1.33. The lowest BCUT2D eigenvalue weighted by atomic mass is 10.1. The summed E-state index contributed by atoms with van der Waals surface area (Å²) in [6.45, 7) is 2.02. The Kier molecular flexibility index (Phi) is 5.57. The molecule has 1 N–H and O–H groups in total. The van der Waals surface area contributed by atoms with E-state index < -0.39 is 0 Å². The van der Waals surface area contributed by atoms with Crippen LogP contribution in [-0.4, -0.2) is 15.7 Å². The average molecular weight is 399 g/mol. The van der Waals surface area contributed by atoms with Gasteiger partial charge in [0.1, 0.15) is 18.0 Å². The van der Waals surface area contributed by atoms with Crippen molar-refractivity contribution in [3.8, 4) is 11.5 Å². The van der Waals surface area contributed by atoms with Crippen LogP contribution in [0.15, 0.2) is 83.7 Å². The number of hydrogen-bond donors (Lipinski definition) is 1. The Balaban J connectivity index is 1.42. The minimum absolute atomic E-state index is 0.134. The number of fused-ring (bicyclic) bond motifs is 1. The molecular formula is C24H21N3O3. The number of hydrogen-bond acceptors (Lipinski definition) is 4. The molecule has 0 saturated carbocycles. The molecule has 0 saturated heterocycles. The van der Waals surface area contributed by atoms with Crippen molar-refractivity contribution in [2.45, 2.75) is 20.0 Å². The zero-order chi connectivity index (χ0) is 20.9. The van der Waals surface area contributed by atoms with E-state index >= 15 is 0 Å². The van der Waals surface area contributed by atoms with Crippen LogP contribution in [0.5, 0.6) is 11.5 Å². The summed E-state index contributed by atoms with van der Waals surface area (Å²) in [5.74, 6) is 1.15. The van der Waals surface area contributed by atoms with Crippen molar-refractivity contribution in [2.75, 3.05) is 0 Å². The van der Waals surface area contributed by atoms with Crippen molar-refractivity contribution < 1.29 is 9.53 Å². The third-order valence-corrected chi connectivity index (χ3v) is 4.71. The second-order valence-electron chi connectivity index (χ2n) is 6.93. The number of benzene rings is 3. The van der Waals surface area contributed by atoms with Crippen LogP contribution < -0.4 is 15.6 Å². The summed E-state index contributed by atoms with van der Waals surface area (Å²) in [6.07, 6.45) is 0. The van der Waals surface area contributed by atoms with E-state index in [1.54, 1.807) is 12.1 Å². The van der Waals surface area contributed by atoms with Gasteiger partial charge in [-0.05, 0) is 42.8 Å². The van der Waals surface area contributed by atoms with Gasteiger partial charge in [-0.3, -0.25) is 9.59 Å². The number of carbonyl (C=O) groups is 1. The number of aryl methyl sites for hydroxylation is 1. The predicted molar refractivity (Wildman–Crippen MR) is 116 cm³/mol. The lowest BCUT2D eigenvalue weighted by Crippen LogP contribution is -2.33. The molecule has 4 rings (SSSR count). The van der Waals surface area contributed by atoms with Crippen LogP contribution in [0, 0.1) is 6.92 Å². The van der Waals surface area contributed by atoms with Gasteiger partial charge in [-0.15, -0.1) is 0 Å². The van der Waals surface area contributed by atoms with Gasteiger partial charge in [0.25, 0.3) is 5.56 Å². The smallest absolute Gasteiger partial charge is 0.275 e. The highest BCUT2D eigenvalue weighted by Gasteiger charge is 2.11. The molecule has 4 aromatic rings. The van der Waals surface area contributed by atoms with E-state index in [1.807, 2.05) is 73.7 Å². The van der Waals surface area contributed by atoms with Crippen LogP contribution in [0.1, 0.15) is 11.3 Å². The van der Waals surface area contributed by atoms with Crippen molar-refractivity contribution in [2.24, 2.45) is 0 Å². The Hall–Kier alpha value is -3.93. The molecule has 0 bridgehead atoms. The van der Waals surface area contributed by atoms with Crippen molar-refractivity contribution in [1.29, 1.82) is 0 Å². The van der Waals surface area contributed by atoms with Crippen LogP contribution in [0.3, 0.4) is 0 Å². The molecule has 1 heterocycles. The van der Waals surface area contributed by atoms with E-state index in [0.29, 0.717) is 23.4 Å². The standard InChI is InChI=1S/C24H21N3O3/c1-17-21-12-5-6-13-22(21)24(29)27(26-17)16-23(28)25-15-18-8-7-11-20(14-18)30-19-9-3-2-4-10-19/h2-14H,15-16H2,1H3,(H,25,28). The molecule has 0 radical (unpaired) electrons. The Bertz CT molecular complexity index is 1250. The minimum Gasteiger partial charge on any atom is -0.457 e. The van der Waals surface area contributed by atoms with Gasteiger partial charge in [-0.1, -0.05) is 48.5 Å². The van der Waals surface area contributed by atoms with Crippen LogP contribution in [0.2, 0.25) is 0 Å². The van der Waals surface area contributed by atoms with Gasteiger partial charge in [-0.25, -0.2) is 4.68 Å². The second-order valence-corrected chi connectivity index (χ2v) is 6.93. The van der Waals surface area contributed by atoms with Gasteiger partial charge in [-0.2, -0.15) is 5.10 Å². The Morgan fingerprint density at radius 3 is 2.43 bits per heavy atom. The second kappa shape index (κ2) is 8.61. The molecule has 3 aromatic carbocycles. The maximum Gasteiger partial charge on any atom is 0.275 e. The highest BCUT2D eigenvalue weighted by molar-refractivity contribution is 5.83. The monoisotopic (exact) mass is 399 g/mol. The number of nitrogens with one attached hydrogen (secondary N) is 1. The van der Waals surface area contributed by atoms with Gasteiger partial charge in [0.2, 0.25) is 5.91 Å². The molecule has 0 fully saturated rings. The molecule has 1 aromatic heterocycles. The van der Waals surface area contributed by atoms with E-state index in [1.165, 1.54) is 4.68 Å². The van der Waals surface area contributed by atoms with Crippen molar-refractivity contribution in [3.05, 3.63) is 100 Å². The first-order valence-electron chi connectivity index (χ1n) is 9.65. The number of para-hydroxylation sites is 1. The Morgan fingerprint density at radius 2 is 1.63 bits per heavy atom. The van der Waals surface area contributed by atoms with Gasteiger partial charge in [0.05, 0.1) is 11.1 Å². The Morgan fingerprint density at radius 1 is 0.933 bits per heavy atom. The maximum absolute atomic E-state index is 12.6. The summed E-state index contributed by atoms with van der Waals surface area (Å²) in [6, 6.07) is 24.3. The molecule has 150 valence electrons. The Labute approximate surface area is 173 Å². The zero-order valence-electron chi connectivity index (χ0n) is 16.5. The first-order valence-corrected chi connectivity index (χ1v) is 9.65. The third kappa shape index (κ3) is 4.38. The molecule has 30 heavy (non-hydrogen) atoms. The molecule has 0 spiro atoms. The third-order valence-electron chi connectivity index (χ3n) is 4.71. The largest absolute Gasteiger partial charge is 0.457 e. The fraction of sp³-hybridized carbons (Fsp3) is 0.125. The predicted octanol–water partition coefficient (Wildman–Crippen LogP) is 3.81. The van der Waals surface area contributed by atoms with Crippen molar-refractivity contribution >= 4 is 16.7 Å². The number of amides is 1. The highest BCUT2D eigenvalue weighted by atomic mass is 16.5. The lowest BCUT2D eigenvalue weighted by Gasteiger charge is -2.10. The molecule has 0 unspecified atom stereocenters. The SMILES string of the molecule is Cc1nn(CC(=O)NCc2cccc(Oc3ccccc3)c2)c(=O)c2ccccc12. The molecule has 0 aliphatic heterocycles.